The highest BCUT2D eigenvalue weighted by Crippen LogP contribution is 2.41. The molecule has 12 nitrogen and oxygen atoms in total. The van der Waals surface area contributed by atoms with E-state index in [4.69, 9.17) is 15.4 Å². The van der Waals surface area contributed by atoms with Crippen molar-refractivity contribution in [2.45, 2.75) is 48.5 Å². The molecular formula is C24H28N7O5S3+. The zero-order chi connectivity index (χ0) is 27.4. The highest BCUT2D eigenvalue weighted by atomic mass is 32.2. The molecule has 0 aromatic carbocycles. The van der Waals surface area contributed by atoms with Crippen LogP contribution in [0.4, 0.5) is 5.13 Å². The number of nitrogens with zero attached hydrogens (tertiary/aromatic N) is 4. The van der Waals surface area contributed by atoms with Crippen LogP contribution in [0.1, 0.15) is 37.8 Å². The molecule has 1 saturated carbocycles. The van der Waals surface area contributed by atoms with E-state index in [1.165, 1.54) is 4.90 Å². The number of carbonyl (C=O) groups excluding carboxylic acids is 3. The fourth-order valence-electron chi connectivity index (χ4n) is 4.32. The number of nitrogens with two attached hydrogens (primary N) is 1. The van der Waals surface area contributed by atoms with Gasteiger partial charge in [-0.1, -0.05) is 9.83 Å². The minimum absolute atomic E-state index is 0.0846. The van der Waals surface area contributed by atoms with Gasteiger partial charge in [0.25, 0.3) is 0 Å². The summed E-state index contributed by atoms with van der Waals surface area (Å²) in [6.45, 7) is 0. The van der Waals surface area contributed by atoms with Gasteiger partial charge in [0.15, 0.2) is 10.8 Å². The fraction of sp³-hybridized carbons (Fsp3) is 0.417. The number of nitrogen functional groups attached to an aromatic ring is 1. The number of oxime groups is 1. The van der Waals surface area contributed by atoms with Gasteiger partial charge in [-0.05, 0) is 31.3 Å². The van der Waals surface area contributed by atoms with Crippen molar-refractivity contribution in [2.75, 3.05) is 29.7 Å². The average molecular weight is 591 g/mol. The fourth-order valence-corrected chi connectivity index (χ4v) is 7.15. The lowest BCUT2D eigenvalue weighted by Crippen LogP contribution is -2.54. The van der Waals surface area contributed by atoms with Crippen LogP contribution >= 0.6 is 34.9 Å². The molecule has 4 N–H and O–H groups in total. The Bertz CT molecular complexity index is 1310. The van der Waals surface area contributed by atoms with E-state index >= 15 is 0 Å². The first kappa shape index (κ1) is 27.3. The van der Waals surface area contributed by atoms with Gasteiger partial charge < -0.3 is 15.4 Å². The number of hydrogen-bond acceptors (Lipinski definition) is 12. The molecule has 15 heteroatoms. The second-order valence-electron chi connectivity index (χ2n) is 8.98. The summed E-state index contributed by atoms with van der Waals surface area (Å²) in [6, 6.07) is 3.90. The third kappa shape index (κ3) is 6.31. The Morgan fingerprint density at radius 3 is 2.74 bits per heavy atom. The number of fused-ring (bicyclic) bond motifs is 1. The van der Waals surface area contributed by atoms with Gasteiger partial charge in [0.1, 0.15) is 17.5 Å². The lowest BCUT2D eigenvalue weighted by Gasteiger charge is -2.44. The minimum atomic E-state index is -0.813. The van der Waals surface area contributed by atoms with Crippen LogP contribution < -0.4 is 21.3 Å². The van der Waals surface area contributed by atoms with Gasteiger partial charge >= 0.3 is 11.9 Å². The summed E-state index contributed by atoms with van der Waals surface area (Å²) in [5.41, 5.74) is 11.9. The van der Waals surface area contributed by atoms with E-state index in [-0.39, 0.29) is 39.6 Å². The van der Waals surface area contributed by atoms with Crippen LogP contribution in [0.3, 0.4) is 0 Å². The summed E-state index contributed by atoms with van der Waals surface area (Å²) in [4.78, 5) is 56.1. The van der Waals surface area contributed by atoms with Crippen molar-refractivity contribution >= 4 is 63.5 Å². The largest absolute Gasteiger partial charge is 0.392 e. The van der Waals surface area contributed by atoms with Gasteiger partial charge in [0, 0.05) is 33.9 Å². The topological polar surface area (TPSA) is 152 Å². The lowest BCUT2D eigenvalue weighted by molar-refractivity contribution is -0.647. The first-order valence-electron chi connectivity index (χ1n) is 12.4. The van der Waals surface area contributed by atoms with Crippen LogP contribution in [0.5, 0.6) is 0 Å². The summed E-state index contributed by atoms with van der Waals surface area (Å²) in [6.07, 6.45) is 7.82. The molecule has 2 aromatic heterocycles. The van der Waals surface area contributed by atoms with Crippen LogP contribution in [-0.4, -0.2) is 63.4 Å². The number of carbonyl (C=O) groups is 3. The maximum Gasteiger partial charge on any atom is 0.379 e. The molecule has 5 rings (SSSR count). The number of β-lactam (4-membered cyclic amide) rings is 1. The standard InChI is InChI=1S/C24H27N7O5S3/c1-26-30-8-6-16(7-9-30)37-11-14-12-38-19-10-18(32)31(19)21(14)23(34)36-29-22(33)20(17-13-39-24(25)27-17)28-35-15-4-2-3-5-15/h6-9,13,15,19,26H,2-5,10-12H2,1H3,(H2-,25,27,29,33)/p+1/b28-20-/t19-/m0/s1. The molecule has 206 valence electrons. The Morgan fingerprint density at radius 2 is 2.08 bits per heavy atom. The molecule has 0 bridgehead atoms. The molecule has 0 unspecified atom stereocenters. The Kier molecular flexibility index (Phi) is 8.57. The van der Waals surface area contributed by atoms with Crippen LogP contribution in [-0.2, 0) is 24.1 Å². The number of rotatable bonds is 9. The summed E-state index contributed by atoms with van der Waals surface area (Å²) in [7, 11) is 1.82. The Morgan fingerprint density at radius 1 is 1.31 bits per heavy atom. The summed E-state index contributed by atoms with van der Waals surface area (Å²) >= 11 is 4.30. The Hall–Kier alpha value is -3.30. The second kappa shape index (κ2) is 12.3. The predicted molar refractivity (Wildman–Crippen MR) is 148 cm³/mol. The quantitative estimate of drug-likeness (QED) is 0.130. The number of aromatic nitrogens is 2. The zero-order valence-corrected chi connectivity index (χ0v) is 23.6. The number of hydroxylamine groups is 1. The monoisotopic (exact) mass is 590 g/mol. The maximum absolute atomic E-state index is 13.2. The van der Waals surface area contributed by atoms with Crippen molar-refractivity contribution in [1.82, 2.24) is 15.4 Å². The number of anilines is 1. The Balaban J connectivity index is 1.29. The molecule has 2 amide bonds. The smallest absolute Gasteiger partial charge is 0.379 e. The molecule has 4 heterocycles. The van der Waals surface area contributed by atoms with E-state index in [2.05, 4.69) is 21.0 Å². The van der Waals surface area contributed by atoms with Gasteiger partial charge in [0.2, 0.25) is 18.3 Å². The second-order valence-corrected chi connectivity index (χ2v) is 12.1. The van der Waals surface area contributed by atoms with Crippen LogP contribution in [0.15, 0.2) is 51.2 Å². The van der Waals surface area contributed by atoms with Gasteiger partial charge in [0.05, 0.1) is 18.8 Å². The predicted octanol–water partition coefficient (Wildman–Crippen LogP) is 1.78. The molecular weight excluding hydrogens is 563 g/mol. The van der Waals surface area contributed by atoms with E-state index in [1.807, 2.05) is 36.3 Å². The van der Waals surface area contributed by atoms with E-state index in [1.54, 1.807) is 28.9 Å². The van der Waals surface area contributed by atoms with Crippen LogP contribution in [0.25, 0.3) is 0 Å². The minimum Gasteiger partial charge on any atom is -0.392 e. The van der Waals surface area contributed by atoms with Crippen LogP contribution in [0.2, 0.25) is 0 Å². The molecule has 39 heavy (non-hydrogen) atoms. The van der Waals surface area contributed by atoms with Gasteiger partial charge in [-0.15, -0.1) is 34.9 Å². The van der Waals surface area contributed by atoms with Crippen LogP contribution in [0, 0.1) is 0 Å². The molecule has 2 aromatic rings. The summed E-state index contributed by atoms with van der Waals surface area (Å²) in [5.74, 6) is -0.726. The molecule has 1 atom stereocenters. The zero-order valence-electron chi connectivity index (χ0n) is 21.1. The molecule has 0 spiro atoms. The first-order chi connectivity index (χ1) is 18.9. The third-order valence-electron chi connectivity index (χ3n) is 6.41. The van der Waals surface area contributed by atoms with Crippen molar-refractivity contribution in [3.63, 3.8) is 0 Å². The maximum atomic E-state index is 13.2. The SMILES string of the molecule is CN[n+]1ccc(SCC2=C(C(=O)ONC(=O)/C(=N\OC3CCCC3)c3csc(N)n3)N3C(=O)C[C@@H]3SC2)cc1. The van der Waals surface area contributed by atoms with E-state index in [0.29, 0.717) is 17.9 Å². The van der Waals surface area contributed by atoms with E-state index in [0.717, 1.165) is 47.5 Å². The highest BCUT2D eigenvalue weighted by molar-refractivity contribution is 8.01. The van der Waals surface area contributed by atoms with Gasteiger partial charge in [-0.25, -0.2) is 9.78 Å². The molecule has 2 fully saturated rings. The lowest BCUT2D eigenvalue weighted by atomic mass is 10.1. The van der Waals surface area contributed by atoms with Crippen molar-refractivity contribution < 1.29 is 28.7 Å². The van der Waals surface area contributed by atoms with Crippen molar-refractivity contribution in [2.24, 2.45) is 5.16 Å². The van der Waals surface area contributed by atoms with Crippen molar-refractivity contribution in [3.8, 4) is 0 Å². The number of thiazole rings is 1. The first-order valence-corrected chi connectivity index (χ1v) is 15.3. The number of nitrogens with one attached hydrogen (secondary N) is 2. The summed E-state index contributed by atoms with van der Waals surface area (Å²) in [5, 5.41) is 5.75. The average Bonchev–Trinajstić information content (AvgIpc) is 3.62. The summed E-state index contributed by atoms with van der Waals surface area (Å²) < 4.78 is 1.81. The molecule has 1 saturated heterocycles. The van der Waals surface area contributed by atoms with E-state index in [9.17, 15) is 14.4 Å². The number of pyridine rings is 1. The number of amides is 2. The number of thioether (sulfide) groups is 2. The molecule has 3 aliphatic rings. The Labute approximate surface area is 237 Å². The molecule has 1 aliphatic carbocycles. The normalized spacial score (nSPS) is 19.4. The third-order valence-corrected chi connectivity index (χ3v) is 9.46. The van der Waals surface area contributed by atoms with Gasteiger partial charge in [-0.3, -0.25) is 14.5 Å². The highest BCUT2D eigenvalue weighted by Gasteiger charge is 2.46. The van der Waals surface area contributed by atoms with Crippen molar-refractivity contribution in [1.29, 1.82) is 0 Å². The molecule has 0 radical (unpaired) electrons. The van der Waals surface area contributed by atoms with E-state index < -0.39 is 11.9 Å². The van der Waals surface area contributed by atoms with Crippen molar-refractivity contribution in [3.05, 3.63) is 46.9 Å². The number of hydrogen-bond donors (Lipinski definition) is 3. The molecule has 2 aliphatic heterocycles. The van der Waals surface area contributed by atoms with Gasteiger partial charge in [-0.2, -0.15) is 10.9 Å².